The Balaban J connectivity index is 3.60. The van der Waals surface area contributed by atoms with Gasteiger partial charge >= 0.3 is 0 Å². The fourth-order valence-corrected chi connectivity index (χ4v) is 6.83. The first kappa shape index (κ1) is 41.0. The van der Waals surface area contributed by atoms with Crippen molar-refractivity contribution in [2.75, 3.05) is 0 Å². The predicted octanol–water partition coefficient (Wildman–Crippen LogP) is 15.9. The van der Waals surface area contributed by atoms with Gasteiger partial charge in [-0.3, -0.25) is 0 Å². The van der Waals surface area contributed by atoms with E-state index in [1.165, 1.54) is 231 Å². The van der Waals surface area contributed by atoms with E-state index >= 15 is 0 Å². The summed E-state index contributed by atoms with van der Waals surface area (Å²) >= 11 is 0. The van der Waals surface area contributed by atoms with Crippen molar-refractivity contribution in [1.29, 1.82) is 0 Å². The molecule has 0 saturated carbocycles. The second-order valence-corrected chi connectivity index (χ2v) is 14.0. The van der Waals surface area contributed by atoms with Crippen LogP contribution in [-0.4, -0.2) is 0 Å². The molecule has 0 aromatic carbocycles. The second kappa shape index (κ2) is 38.0. The summed E-state index contributed by atoms with van der Waals surface area (Å²) < 4.78 is 0. The molecule has 0 spiro atoms. The Kier molecular flexibility index (Phi) is 38.0. The van der Waals surface area contributed by atoms with Gasteiger partial charge in [0.05, 0.1) is 0 Å². The van der Waals surface area contributed by atoms with Crippen molar-refractivity contribution < 1.29 is 0 Å². The molecule has 0 saturated heterocycles. The summed E-state index contributed by atoms with van der Waals surface area (Å²) in [7, 11) is 0. The second-order valence-electron chi connectivity index (χ2n) is 14.0. The van der Waals surface area contributed by atoms with Crippen LogP contribution in [0.1, 0.15) is 251 Å². The maximum Gasteiger partial charge on any atom is -0.0414 e. The first-order valence-electron chi connectivity index (χ1n) is 20.1. The zero-order chi connectivity index (χ0) is 29.7. The van der Waals surface area contributed by atoms with Crippen LogP contribution in [-0.2, 0) is 0 Å². The van der Waals surface area contributed by atoms with Crippen LogP contribution in [0.5, 0.6) is 0 Å². The van der Waals surface area contributed by atoms with Gasteiger partial charge in [-0.2, -0.15) is 0 Å². The largest absolute Gasteiger partial charge is 0.0654 e. The van der Waals surface area contributed by atoms with Crippen molar-refractivity contribution in [2.45, 2.75) is 251 Å². The summed E-state index contributed by atoms with van der Waals surface area (Å²) in [5.41, 5.74) is 0. The molecule has 0 amide bonds. The van der Waals surface area contributed by atoms with Crippen LogP contribution in [0.2, 0.25) is 0 Å². The Labute approximate surface area is 263 Å². The molecule has 1 radical (unpaired) electrons. The van der Waals surface area contributed by atoms with Crippen LogP contribution in [0.4, 0.5) is 0 Å². The Hall–Kier alpha value is 0. The molecule has 1 unspecified atom stereocenters. The summed E-state index contributed by atoms with van der Waals surface area (Å²) in [6.45, 7) is 8.67. The molecule has 0 aromatic heterocycles. The molecule has 0 rings (SSSR count). The van der Waals surface area contributed by atoms with Gasteiger partial charge in [-0.1, -0.05) is 258 Å². The molecule has 247 valence electrons. The van der Waals surface area contributed by atoms with E-state index in [1.807, 2.05) is 0 Å². The van der Waals surface area contributed by atoms with Crippen LogP contribution in [0.3, 0.4) is 0 Å². The molecule has 0 bridgehead atoms. The van der Waals surface area contributed by atoms with E-state index in [1.54, 1.807) is 0 Å². The molecule has 41 heavy (non-hydrogen) atoms. The normalized spacial score (nSPS) is 12.4. The Morgan fingerprint density at radius 3 is 0.683 bits per heavy atom. The third kappa shape index (κ3) is 36.1. The number of rotatable bonds is 37. The van der Waals surface area contributed by atoms with Gasteiger partial charge < -0.3 is 0 Å². The number of unbranched alkanes of at least 4 members (excludes halogenated alkanes) is 31. The van der Waals surface area contributed by atoms with Crippen molar-refractivity contribution in [3.63, 3.8) is 0 Å². The van der Waals surface area contributed by atoms with Crippen LogP contribution in [0, 0.1) is 12.8 Å². The molecular weight excluding hydrogens is 492 g/mol. The lowest BCUT2D eigenvalue weighted by atomic mass is 9.89. The highest BCUT2D eigenvalue weighted by molar-refractivity contribution is 4.62. The van der Waals surface area contributed by atoms with Crippen LogP contribution < -0.4 is 0 Å². The molecule has 0 N–H and O–H groups in total. The highest BCUT2D eigenvalue weighted by atomic mass is 14.1. The van der Waals surface area contributed by atoms with E-state index in [9.17, 15) is 0 Å². The molecule has 0 aliphatic carbocycles. The van der Waals surface area contributed by atoms with E-state index in [-0.39, 0.29) is 0 Å². The van der Waals surface area contributed by atoms with Gasteiger partial charge in [0.2, 0.25) is 0 Å². The monoisotopic (exact) mass is 576 g/mol. The quantitative estimate of drug-likeness (QED) is 0.0646. The highest BCUT2D eigenvalue weighted by Crippen LogP contribution is 2.25. The maximum atomic E-state index is 4.05. The molecule has 0 aliphatic rings. The lowest BCUT2D eigenvalue weighted by Crippen LogP contribution is -2.01. The molecule has 0 heteroatoms. The Bertz CT molecular complexity index is 426. The summed E-state index contributed by atoms with van der Waals surface area (Å²) in [6, 6.07) is 0. The predicted molar refractivity (Wildman–Crippen MR) is 191 cm³/mol. The van der Waals surface area contributed by atoms with Gasteiger partial charge in [-0.05, 0) is 5.92 Å². The third-order valence-electron chi connectivity index (χ3n) is 9.79. The van der Waals surface area contributed by atoms with Crippen molar-refractivity contribution in [3.05, 3.63) is 6.92 Å². The molecule has 0 aliphatic heterocycles. The van der Waals surface area contributed by atoms with Crippen molar-refractivity contribution in [1.82, 2.24) is 0 Å². The fraction of sp³-hybridized carbons (Fsp3) is 0.976. The zero-order valence-electron chi connectivity index (χ0n) is 29.4. The minimum Gasteiger partial charge on any atom is -0.0654 e. The minimum absolute atomic E-state index is 1.02. The molecule has 1 atom stereocenters. The number of hydrogen-bond donors (Lipinski definition) is 0. The third-order valence-corrected chi connectivity index (χ3v) is 9.79. The SMILES string of the molecule is [CH2]CCCCCC(CCCCCCCCCCCCCCC)CCCCCCCCCCCCCCCCCCC. The van der Waals surface area contributed by atoms with Gasteiger partial charge in [0.25, 0.3) is 0 Å². The van der Waals surface area contributed by atoms with Gasteiger partial charge in [-0.15, -0.1) is 0 Å². The van der Waals surface area contributed by atoms with E-state index in [4.69, 9.17) is 0 Å². The molecular formula is C41H83. The summed E-state index contributed by atoms with van der Waals surface area (Å²) in [4.78, 5) is 0. The first-order valence-corrected chi connectivity index (χ1v) is 20.1. The average Bonchev–Trinajstić information content (AvgIpc) is 2.98. The van der Waals surface area contributed by atoms with Gasteiger partial charge in [0, 0.05) is 0 Å². The molecule has 0 nitrogen and oxygen atoms in total. The van der Waals surface area contributed by atoms with E-state index in [0.29, 0.717) is 0 Å². The fourth-order valence-electron chi connectivity index (χ4n) is 6.83. The summed E-state index contributed by atoms with van der Waals surface area (Å²) in [5.74, 6) is 1.02. The summed E-state index contributed by atoms with van der Waals surface area (Å²) in [5, 5.41) is 0. The highest BCUT2D eigenvalue weighted by Gasteiger charge is 2.08. The van der Waals surface area contributed by atoms with E-state index in [2.05, 4.69) is 20.8 Å². The smallest absolute Gasteiger partial charge is 0.0414 e. The Morgan fingerprint density at radius 2 is 0.463 bits per heavy atom. The van der Waals surface area contributed by atoms with E-state index in [0.717, 1.165) is 12.3 Å². The molecule has 0 aromatic rings. The number of hydrogen-bond acceptors (Lipinski definition) is 0. The van der Waals surface area contributed by atoms with Gasteiger partial charge in [0.15, 0.2) is 0 Å². The lowest BCUT2D eigenvalue weighted by molar-refractivity contribution is 0.366. The summed E-state index contributed by atoms with van der Waals surface area (Å²) in [6.07, 6.45) is 54.1. The minimum atomic E-state index is 1.02. The lowest BCUT2D eigenvalue weighted by Gasteiger charge is -2.17. The zero-order valence-corrected chi connectivity index (χ0v) is 29.4. The molecule has 0 heterocycles. The van der Waals surface area contributed by atoms with Crippen molar-refractivity contribution in [3.8, 4) is 0 Å². The van der Waals surface area contributed by atoms with Gasteiger partial charge in [-0.25, -0.2) is 0 Å². The van der Waals surface area contributed by atoms with Gasteiger partial charge in [0.1, 0.15) is 0 Å². The van der Waals surface area contributed by atoms with E-state index < -0.39 is 0 Å². The standard InChI is InChI=1S/C41H83/c1-4-7-10-13-15-17-19-21-22-23-24-26-28-30-32-34-37-40-41(38-35-12-9-6-3)39-36-33-31-29-27-25-20-18-16-14-11-8-5-2/h41H,3-40H2,1-2H3. The average molecular weight is 576 g/mol. The van der Waals surface area contributed by atoms with Crippen molar-refractivity contribution in [2.24, 2.45) is 5.92 Å². The van der Waals surface area contributed by atoms with Crippen molar-refractivity contribution >= 4 is 0 Å². The van der Waals surface area contributed by atoms with Crippen LogP contribution >= 0.6 is 0 Å². The topological polar surface area (TPSA) is 0 Å². The molecule has 0 fully saturated rings. The Morgan fingerprint density at radius 1 is 0.268 bits per heavy atom. The van der Waals surface area contributed by atoms with Crippen LogP contribution in [0.25, 0.3) is 0 Å². The van der Waals surface area contributed by atoms with Crippen LogP contribution in [0.15, 0.2) is 0 Å². The maximum absolute atomic E-state index is 4.05. The first-order chi connectivity index (χ1) is 20.3.